The number of fused-ring (bicyclic) bond motifs is 1. The molecule has 1 saturated heterocycles. The molecule has 0 saturated carbocycles. The Hall–Kier alpha value is -2.38. The fraction of sp³-hybridized carbons (Fsp3) is 0.333. The van der Waals surface area contributed by atoms with Crippen LogP contribution in [0.25, 0.3) is 22.1 Å². The van der Waals surface area contributed by atoms with E-state index in [-0.39, 0.29) is 25.3 Å². The minimum Gasteiger partial charge on any atom is -0.423 e. The topological polar surface area (TPSA) is 81.3 Å². The highest BCUT2D eigenvalue weighted by molar-refractivity contribution is 8.39. The Balaban J connectivity index is 1.36. The minimum atomic E-state index is -4.90. The molecule has 5 rings (SSSR count). The normalized spacial score (nSPS) is 20.6. The van der Waals surface area contributed by atoms with Gasteiger partial charge in [0.05, 0.1) is 25.0 Å². The molecular formula is C24H19F4NO5S2. The number of aliphatic imine (C=N–C) groups is 1. The number of rotatable bonds is 5. The average molecular weight is 542 g/mol. The van der Waals surface area contributed by atoms with Gasteiger partial charge in [-0.25, -0.2) is 9.18 Å². The van der Waals surface area contributed by atoms with E-state index in [1.165, 1.54) is 18.2 Å². The molecule has 1 N–H and O–H groups in total. The van der Waals surface area contributed by atoms with Gasteiger partial charge in [-0.1, -0.05) is 35.7 Å². The molecule has 190 valence electrons. The predicted molar refractivity (Wildman–Crippen MR) is 129 cm³/mol. The van der Waals surface area contributed by atoms with E-state index in [4.69, 9.17) is 13.9 Å². The molecule has 2 aromatic carbocycles. The van der Waals surface area contributed by atoms with E-state index in [9.17, 15) is 27.5 Å². The summed E-state index contributed by atoms with van der Waals surface area (Å²) in [7, 11) is 0. The standard InChI is InChI=1S/C24H19F4NO5S2/c25-14-3-1-13(2-4-14)17-10-20(30)34-18-9-15(5-6-16(17)18)35-22-29-12-19(36-22)23(31,24(26,27)28)11-21-32-7-8-33-21/h1-6,9-10,19,21,31H,7-8,11-12H2. The molecule has 0 spiro atoms. The number of hydrogen-bond donors (Lipinski definition) is 1. The third-order valence-electron chi connectivity index (χ3n) is 5.90. The van der Waals surface area contributed by atoms with Crippen LogP contribution in [0, 0.1) is 5.82 Å². The lowest BCUT2D eigenvalue weighted by Gasteiger charge is -2.35. The summed E-state index contributed by atoms with van der Waals surface area (Å²) in [6.45, 7) is 0.122. The molecule has 1 aromatic heterocycles. The van der Waals surface area contributed by atoms with Crippen LogP contribution in [-0.2, 0) is 9.47 Å². The van der Waals surface area contributed by atoms with Crippen molar-refractivity contribution in [2.75, 3.05) is 19.8 Å². The van der Waals surface area contributed by atoms with Crippen LogP contribution in [0.15, 0.2) is 67.6 Å². The average Bonchev–Trinajstić information content (AvgIpc) is 3.50. The van der Waals surface area contributed by atoms with E-state index >= 15 is 0 Å². The Labute approximate surface area is 210 Å². The second kappa shape index (κ2) is 9.82. The van der Waals surface area contributed by atoms with Crippen LogP contribution in [0.1, 0.15) is 6.42 Å². The van der Waals surface area contributed by atoms with E-state index in [1.807, 2.05) is 0 Å². The Kier molecular flexibility index (Phi) is 6.90. The van der Waals surface area contributed by atoms with E-state index in [1.54, 1.807) is 30.3 Å². The fourth-order valence-electron chi connectivity index (χ4n) is 4.04. The molecule has 2 aliphatic rings. The summed E-state index contributed by atoms with van der Waals surface area (Å²) in [4.78, 5) is 17.0. The van der Waals surface area contributed by atoms with Crippen molar-refractivity contribution >= 4 is 38.9 Å². The van der Waals surface area contributed by atoms with Gasteiger partial charge in [0.1, 0.15) is 15.8 Å². The number of benzene rings is 2. The van der Waals surface area contributed by atoms with Crippen LogP contribution in [0.3, 0.4) is 0 Å². The quantitative estimate of drug-likeness (QED) is 0.351. The summed E-state index contributed by atoms with van der Waals surface area (Å²) >= 11 is 1.95. The van der Waals surface area contributed by atoms with Gasteiger partial charge in [0.15, 0.2) is 11.9 Å². The van der Waals surface area contributed by atoms with Gasteiger partial charge in [-0.15, -0.1) is 0 Å². The van der Waals surface area contributed by atoms with Crippen molar-refractivity contribution in [2.45, 2.75) is 34.6 Å². The smallest absolute Gasteiger partial charge is 0.418 e. The highest BCUT2D eigenvalue weighted by atomic mass is 32.2. The highest BCUT2D eigenvalue weighted by Crippen LogP contribution is 2.47. The number of halogens is 4. The van der Waals surface area contributed by atoms with Gasteiger partial charge in [-0.05, 0) is 41.5 Å². The first-order chi connectivity index (χ1) is 17.1. The van der Waals surface area contributed by atoms with Crippen molar-refractivity contribution in [2.24, 2.45) is 4.99 Å². The van der Waals surface area contributed by atoms with Crippen molar-refractivity contribution in [3.05, 3.63) is 64.8 Å². The van der Waals surface area contributed by atoms with E-state index in [2.05, 4.69) is 4.99 Å². The lowest BCUT2D eigenvalue weighted by atomic mass is 9.93. The second-order valence-corrected chi connectivity index (χ2v) is 10.8. The Morgan fingerprint density at radius 3 is 2.50 bits per heavy atom. The van der Waals surface area contributed by atoms with Gasteiger partial charge in [-0.3, -0.25) is 4.99 Å². The first-order valence-corrected chi connectivity index (χ1v) is 12.6. The zero-order chi connectivity index (χ0) is 25.5. The van der Waals surface area contributed by atoms with Crippen LogP contribution in [0.2, 0.25) is 0 Å². The van der Waals surface area contributed by atoms with Crippen molar-refractivity contribution in [1.29, 1.82) is 0 Å². The maximum absolute atomic E-state index is 13.9. The molecule has 3 heterocycles. The van der Waals surface area contributed by atoms with Gasteiger partial charge >= 0.3 is 11.8 Å². The summed E-state index contributed by atoms with van der Waals surface area (Å²) in [5.41, 5.74) is -2.16. The molecule has 0 bridgehead atoms. The Morgan fingerprint density at radius 1 is 1.08 bits per heavy atom. The first-order valence-electron chi connectivity index (χ1n) is 10.9. The molecule has 0 radical (unpaired) electrons. The van der Waals surface area contributed by atoms with Crippen LogP contribution in [-0.4, -0.2) is 52.6 Å². The number of ether oxygens (including phenoxy) is 2. The lowest BCUT2D eigenvalue weighted by Crippen LogP contribution is -2.55. The molecule has 3 aromatic rings. The first kappa shape index (κ1) is 25.3. The van der Waals surface area contributed by atoms with Gasteiger partial charge in [0.25, 0.3) is 0 Å². The SMILES string of the molecule is O=c1cc(-c2ccc(F)cc2)c2ccc(SC3=NCC(C(O)(CC4OCCO4)C(F)(F)F)S3)cc2o1. The third-order valence-corrected chi connectivity index (χ3v) is 8.38. The van der Waals surface area contributed by atoms with Crippen LogP contribution in [0.4, 0.5) is 17.6 Å². The van der Waals surface area contributed by atoms with Gasteiger partial charge < -0.3 is 19.0 Å². The lowest BCUT2D eigenvalue weighted by molar-refractivity contribution is -0.276. The van der Waals surface area contributed by atoms with Crippen molar-refractivity contribution < 1.29 is 36.6 Å². The largest absolute Gasteiger partial charge is 0.423 e. The second-order valence-electron chi connectivity index (χ2n) is 8.26. The van der Waals surface area contributed by atoms with E-state index in [0.717, 1.165) is 23.5 Å². The van der Waals surface area contributed by atoms with E-state index in [0.29, 0.717) is 25.8 Å². The number of aliphatic hydroxyl groups is 1. The molecule has 2 unspecified atom stereocenters. The number of thioether (sulfide) groups is 2. The molecule has 6 nitrogen and oxygen atoms in total. The molecule has 12 heteroatoms. The zero-order valence-electron chi connectivity index (χ0n) is 18.5. The summed E-state index contributed by atoms with van der Waals surface area (Å²) in [5, 5.41) is 10.0. The maximum Gasteiger partial charge on any atom is 0.418 e. The van der Waals surface area contributed by atoms with E-state index < -0.39 is 41.2 Å². The maximum atomic E-state index is 13.9. The summed E-state index contributed by atoms with van der Waals surface area (Å²) in [6, 6.07) is 12.1. The molecule has 2 atom stereocenters. The number of nitrogens with zero attached hydrogens (tertiary/aromatic N) is 1. The monoisotopic (exact) mass is 541 g/mol. The summed E-state index contributed by atoms with van der Waals surface area (Å²) < 4.78 is 70.9. The minimum absolute atomic E-state index is 0.176. The Bertz CT molecular complexity index is 1360. The molecular weight excluding hydrogens is 522 g/mol. The van der Waals surface area contributed by atoms with Crippen molar-refractivity contribution in [3.63, 3.8) is 0 Å². The molecule has 2 aliphatic heterocycles. The Morgan fingerprint density at radius 2 is 1.81 bits per heavy atom. The van der Waals surface area contributed by atoms with Crippen LogP contribution >= 0.6 is 23.5 Å². The van der Waals surface area contributed by atoms with Gasteiger partial charge in [-0.2, -0.15) is 13.2 Å². The number of hydrogen-bond acceptors (Lipinski definition) is 8. The van der Waals surface area contributed by atoms with Crippen molar-refractivity contribution in [1.82, 2.24) is 0 Å². The third kappa shape index (κ3) is 5.05. The molecule has 36 heavy (non-hydrogen) atoms. The molecule has 0 amide bonds. The highest BCUT2D eigenvalue weighted by Gasteiger charge is 2.61. The zero-order valence-corrected chi connectivity index (χ0v) is 20.1. The van der Waals surface area contributed by atoms with Gasteiger partial charge in [0, 0.05) is 22.8 Å². The molecule has 1 fully saturated rings. The summed E-state index contributed by atoms with van der Waals surface area (Å²) in [5.74, 6) is -0.404. The van der Waals surface area contributed by atoms with Crippen molar-refractivity contribution in [3.8, 4) is 11.1 Å². The predicted octanol–water partition coefficient (Wildman–Crippen LogP) is 5.22. The van der Waals surface area contributed by atoms with Gasteiger partial charge in [0.2, 0.25) is 0 Å². The summed E-state index contributed by atoms with van der Waals surface area (Å²) in [6.07, 6.45) is -6.78. The molecule has 0 aliphatic carbocycles. The van der Waals surface area contributed by atoms with Crippen LogP contribution in [0.5, 0.6) is 0 Å². The number of alkyl halides is 3. The van der Waals surface area contributed by atoms with Crippen LogP contribution < -0.4 is 5.63 Å². The fourth-order valence-corrected chi connectivity index (χ4v) is 6.48.